The van der Waals surface area contributed by atoms with Gasteiger partial charge < -0.3 is 15.2 Å². The Labute approximate surface area is 108 Å². The molecule has 0 radical (unpaired) electrons. The van der Waals surface area contributed by atoms with Crippen LogP contribution >= 0.6 is 0 Å². The molecule has 100 valence electrons. The zero-order chi connectivity index (χ0) is 13.0. The lowest BCUT2D eigenvalue weighted by Crippen LogP contribution is -2.30. The molecule has 1 aromatic heterocycles. The molecule has 1 saturated carbocycles. The van der Waals surface area contributed by atoms with Gasteiger partial charge in [-0.1, -0.05) is 13.8 Å². The number of nitrogens with one attached hydrogen (secondary N) is 2. The minimum atomic E-state index is 0.0839. The summed E-state index contributed by atoms with van der Waals surface area (Å²) in [4.78, 5) is 16.0. The van der Waals surface area contributed by atoms with Gasteiger partial charge in [-0.3, -0.25) is 4.79 Å². The first kappa shape index (κ1) is 13.1. The Kier molecular flexibility index (Phi) is 4.36. The topological polar surface area (TPSA) is 59.0 Å². The number of carbonyl (C=O) groups excluding carboxylic acids is 1. The van der Waals surface area contributed by atoms with Gasteiger partial charge in [-0.05, 0) is 25.3 Å². The van der Waals surface area contributed by atoms with Crippen molar-refractivity contribution in [2.75, 3.05) is 6.54 Å². The van der Waals surface area contributed by atoms with Gasteiger partial charge in [-0.2, -0.15) is 0 Å². The van der Waals surface area contributed by atoms with E-state index in [2.05, 4.69) is 29.5 Å². The van der Waals surface area contributed by atoms with E-state index in [1.54, 1.807) is 6.20 Å². The first-order valence-corrected chi connectivity index (χ1v) is 6.65. The van der Waals surface area contributed by atoms with E-state index >= 15 is 0 Å². The minimum Gasteiger partial charge on any atom is -0.352 e. The molecule has 0 aliphatic heterocycles. The number of nitrogens with zero attached hydrogens (tertiary/aromatic N) is 2. The zero-order valence-corrected chi connectivity index (χ0v) is 11.1. The zero-order valence-electron chi connectivity index (χ0n) is 11.1. The predicted molar refractivity (Wildman–Crippen MR) is 69.9 cm³/mol. The number of imidazole rings is 1. The summed E-state index contributed by atoms with van der Waals surface area (Å²) in [6.07, 6.45) is 5.85. The molecule has 5 nitrogen and oxygen atoms in total. The van der Waals surface area contributed by atoms with Gasteiger partial charge in [0.2, 0.25) is 5.91 Å². The monoisotopic (exact) mass is 250 g/mol. The lowest BCUT2D eigenvalue weighted by molar-refractivity contribution is -0.121. The summed E-state index contributed by atoms with van der Waals surface area (Å²) in [5.74, 6) is 1.62. The van der Waals surface area contributed by atoms with E-state index in [-0.39, 0.29) is 5.91 Å². The highest BCUT2D eigenvalue weighted by molar-refractivity contribution is 5.76. The van der Waals surface area contributed by atoms with Crippen LogP contribution in [-0.2, 0) is 17.9 Å². The van der Waals surface area contributed by atoms with Crippen LogP contribution in [0.25, 0.3) is 0 Å². The number of hydrogen-bond acceptors (Lipinski definition) is 3. The van der Waals surface area contributed by atoms with E-state index < -0.39 is 0 Å². The fourth-order valence-electron chi connectivity index (χ4n) is 1.78. The Morgan fingerprint density at radius 2 is 2.33 bits per heavy atom. The van der Waals surface area contributed by atoms with Crippen molar-refractivity contribution in [3.63, 3.8) is 0 Å². The van der Waals surface area contributed by atoms with Gasteiger partial charge >= 0.3 is 0 Å². The number of hydrogen-bond donors (Lipinski definition) is 2. The maximum Gasteiger partial charge on any atom is 0.240 e. The van der Waals surface area contributed by atoms with Gasteiger partial charge in [0.15, 0.2) is 0 Å². The number of rotatable bonds is 7. The second kappa shape index (κ2) is 6.00. The molecule has 1 amide bonds. The summed E-state index contributed by atoms with van der Waals surface area (Å²) in [5, 5.41) is 6.32. The van der Waals surface area contributed by atoms with Crippen molar-refractivity contribution in [3.05, 3.63) is 18.2 Å². The molecule has 0 unspecified atom stereocenters. The van der Waals surface area contributed by atoms with E-state index in [9.17, 15) is 4.79 Å². The Bertz CT molecular complexity index is 395. The van der Waals surface area contributed by atoms with Crippen LogP contribution < -0.4 is 10.6 Å². The van der Waals surface area contributed by atoms with Gasteiger partial charge in [0.05, 0.1) is 6.54 Å². The van der Waals surface area contributed by atoms with E-state index in [0.717, 1.165) is 25.2 Å². The van der Waals surface area contributed by atoms with Gasteiger partial charge in [0, 0.05) is 18.4 Å². The highest BCUT2D eigenvalue weighted by atomic mass is 16.2. The van der Waals surface area contributed by atoms with Crippen LogP contribution in [0.1, 0.15) is 32.5 Å². The van der Waals surface area contributed by atoms with E-state index in [1.807, 2.05) is 10.8 Å². The third-order valence-electron chi connectivity index (χ3n) is 2.89. The fraction of sp³-hybridized carbons (Fsp3) is 0.692. The highest BCUT2D eigenvalue weighted by Gasteiger charge is 2.23. The highest BCUT2D eigenvalue weighted by Crippen LogP contribution is 2.18. The molecular weight excluding hydrogens is 228 g/mol. The summed E-state index contributed by atoms with van der Waals surface area (Å²) in [6.45, 7) is 6.38. The Morgan fingerprint density at radius 3 is 3.00 bits per heavy atom. The van der Waals surface area contributed by atoms with Gasteiger partial charge in [-0.25, -0.2) is 4.98 Å². The average molecular weight is 250 g/mol. The van der Waals surface area contributed by atoms with E-state index in [1.165, 1.54) is 0 Å². The molecule has 1 aromatic rings. The van der Waals surface area contributed by atoms with Crippen molar-refractivity contribution in [1.29, 1.82) is 0 Å². The first-order chi connectivity index (χ1) is 8.65. The molecule has 0 saturated heterocycles. The molecule has 2 N–H and O–H groups in total. The fourth-order valence-corrected chi connectivity index (χ4v) is 1.78. The van der Waals surface area contributed by atoms with Crippen LogP contribution in [0.15, 0.2) is 12.4 Å². The van der Waals surface area contributed by atoms with Gasteiger partial charge in [0.25, 0.3) is 0 Å². The largest absolute Gasteiger partial charge is 0.352 e. The molecule has 1 fully saturated rings. The third kappa shape index (κ3) is 4.14. The van der Waals surface area contributed by atoms with Crippen LogP contribution in [0.3, 0.4) is 0 Å². The summed E-state index contributed by atoms with van der Waals surface area (Å²) < 4.78 is 1.91. The summed E-state index contributed by atoms with van der Waals surface area (Å²) in [5.41, 5.74) is 0. The Morgan fingerprint density at radius 1 is 1.56 bits per heavy atom. The minimum absolute atomic E-state index is 0.0839. The van der Waals surface area contributed by atoms with Gasteiger partial charge in [-0.15, -0.1) is 0 Å². The standard InChI is InChI=1S/C13H22N4O/c1-10(2)7-14-8-12-15-5-6-17(12)9-13(18)16-11-3-4-11/h5-6,10-11,14H,3-4,7-9H2,1-2H3,(H,16,18). The normalized spacial score (nSPS) is 15.1. The lowest BCUT2D eigenvalue weighted by Gasteiger charge is -2.10. The molecule has 1 heterocycles. The van der Waals surface area contributed by atoms with E-state index in [0.29, 0.717) is 25.0 Å². The predicted octanol–water partition coefficient (Wildman–Crippen LogP) is 0.907. The summed E-state index contributed by atoms with van der Waals surface area (Å²) in [6, 6.07) is 0.420. The molecule has 5 heteroatoms. The molecular formula is C13H22N4O. The summed E-state index contributed by atoms with van der Waals surface area (Å²) >= 11 is 0. The molecule has 2 rings (SSSR count). The second-order valence-electron chi connectivity index (χ2n) is 5.34. The van der Waals surface area contributed by atoms with Crippen molar-refractivity contribution in [3.8, 4) is 0 Å². The van der Waals surface area contributed by atoms with Crippen LogP contribution in [-0.4, -0.2) is 28.0 Å². The Hall–Kier alpha value is -1.36. The molecule has 0 atom stereocenters. The van der Waals surface area contributed by atoms with E-state index in [4.69, 9.17) is 0 Å². The van der Waals surface area contributed by atoms with Crippen LogP contribution in [0.5, 0.6) is 0 Å². The van der Waals surface area contributed by atoms with Crippen molar-refractivity contribution in [1.82, 2.24) is 20.2 Å². The molecule has 0 bridgehead atoms. The number of amides is 1. The molecule has 1 aliphatic carbocycles. The molecule has 18 heavy (non-hydrogen) atoms. The van der Waals surface area contributed by atoms with Crippen LogP contribution in [0.2, 0.25) is 0 Å². The average Bonchev–Trinajstić information content (AvgIpc) is 2.99. The van der Waals surface area contributed by atoms with Crippen LogP contribution in [0, 0.1) is 5.92 Å². The van der Waals surface area contributed by atoms with Crippen molar-refractivity contribution < 1.29 is 4.79 Å². The van der Waals surface area contributed by atoms with Gasteiger partial charge in [0.1, 0.15) is 12.4 Å². The second-order valence-corrected chi connectivity index (χ2v) is 5.34. The van der Waals surface area contributed by atoms with Crippen LogP contribution in [0.4, 0.5) is 0 Å². The molecule has 0 aromatic carbocycles. The maximum absolute atomic E-state index is 11.7. The molecule has 0 spiro atoms. The third-order valence-corrected chi connectivity index (χ3v) is 2.89. The molecule has 1 aliphatic rings. The SMILES string of the molecule is CC(C)CNCc1nccn1CC(=O)NC1CC1. The van der Waals surface area contributed by atoms with Crippen molar-refractivity contribution in [2.45, 2.75) is 45.8 Å². The quantitative estimate of drug-likeness (QED) is 0.756. The smallest absolute Gasteiger partial charge is 0.240 e. The lowest BCUT2D eigenvalue weighted by atomic mass is 10.2. The van der Waals surface area contributed by atoms with Crippen molar-refractivity contribution >= 4 is 5.91 Å². The number of carbonyl (C=O) groups is 1. The number of aromatic nitrogens is 2. The Balaban J connectivity index is 1.80. The summed E-state index contributed by atoms with van der Waals surface area (Å²) in [7, 11) is 0. The first-order valence-electron chi connectivity index (χ1n) is 6.65. The maximum atomic E-state index is 11.7. The van der Waals surface area contributed by atoms with Crippen molar-refractivity contribution in [2.24, 2.45) is 5.92 Å².